The van der Waals surface area contributed by atoms with Crippen LogP contribution in [0.25, 0.3) is 0 Å². The summed E-state index contributed by atoms with van der Waals surface area (Å²) in [6, 6.07) is 0. The van der Waals surface area contributed by atoms with Crippen LogP contribution < -0.4 is 29.6 Å². The molecule has 4 rings (SSSR count). The van der Waals surface area contributed by atoms with Crippen molar-refractivity contribution in [3.8, 4) is 0 Å². The van der Waals surface area contributed by atoms with Gasteiger partial charge in [0.2, 0.25) is 0 Å². The maximum absolute atomic E-state index is 12.4. The molecule has 0 radical (unpaired) electrons. The van der Waals surface area contributed by atoms with Crippen LogP contribution in [0.2, 0.25) is 0 Å². The second kappa shape index (κ2) is 6.96. The molecule has 0 amide bonds. The van der Waals surface area contributed by atoms with Crippen LogP contribution >= 0.6 is 0 Å². The molecule has 0 unspecified atom stereocenters. The number of rotatable bonds is 2. The molecule has 7 heteroatoms. The molecule has 4 aliphatic carbocycles. The zero-order valence-electron chi connectivity index (χ0n) is 17.0. The number of fused-ring (bicyclic) bond motifs is 5. The van der Waals surface area contributed by atoms with Crippen LogP contribution in [0.15, 0.2) is 11.6 Å². The maximum Gasteiger partial charge on any atom is 1.00 e. The minimum absolute atomic E-state index is 0. The summed E-state index contributed by atoms with van der Waals surface area (Å²) >= 11 is 0. The number of ketones is 1. The van der Waals surface area contributed by atoms with Crippen molar-refractivity contribution in [1.29, 1.82) is 0 Å². The Morgan fingerprint density at radius 3 is 2.50 bits per heavy atom. The number of hydrogen-bond acceptors (Lipinski definition) is 4. The van der Waals surface area contributed by atoms with Gasteiger partial charge >= 0.3 is 40.0 Å². The zero-order chi connectivity index (χ0) is 18.0. The van der Waals surface area contributed by atoms with Gasteiger partial charge in [0.1, 0.15) is 5.78 Å². The minimum Gasteiger partial charge on any atom is -1.00 e. The fourth-order valence-electron chi connectivity index (χ4n) is 6.65. The van der Waals surface area contributed by atoms with Crippen LogP contribution in [0.3, 0.4) is 0 Å². The molecule has 0 aromatic rings. The van der Waals surface area contributed by atoms with Gasteiger partial charge in [-0.25, -0.2) is 4.18 Å². The standard InChI is InChI=1S/C19H28O5S.Na.H/c1-18-9-7-13(24-25(21,22)23)11-12(18)3-4-14-15-5-6-17(20)19(15,2)10-8-16(14)18;;/h3,13-16H,4-11H2,1-2H3,(H,21,22,23);;/q;+1;-1/t13-,14-,15-,16-,18-,19-;;/m0../s1. The quantitative estimate of drug-likeness (QED) is 0.428. The Bertz CT molecular complexity index is 738. The van der Waals surface area contributed by atoms with Crippen molar-refractivity contribution in [2.45, 2.75) is 71.3 Å². The van der Waals surface area contributed by atoms with Gasteiger partial charge in [-0.05, 0) is 68.1 Å². The van der Waals surface area contributed by atoms with Crippen molar-refractivity contribution in [1.82, 2.24) is 0 Å². The van der Waals surface area contributed by atoms with E-state index in [0.29, 0.717) is 36.4 Å². The number of carbonyl (C=O) groups is 1. The normalized spacial score (nSPS) is 45.0. The van der Waals surface area contributed by atoms with Gasteiger partial charge in [-0.15, -0.1) is 0 Å². The van der Waals surface area contributed by atoms with Gasteiger partial charge < -0.3 is 1.43 Å². The van der Waals surface area contributed by atoms with Crippen molar-refractivity contribution in [2.75, 3.05) is 0 Å². The van der Waals surface area contributed by atoms with Crippen molar-refractivity contribution in [3.63, 3.8) is 0 Å². The molecule has 1 N–H and O–H groups in total. The summed E-state index contributed by atoms with van der Waals surface area (Å²) in [7, 11) is -4.40. The molecule has 0 aliphatic heterocycles. The molecule has 0 aromatic heterocycles. The van der Waals surface area contributed by atoms with Crippen molar-refractivity contribution in [2.24, 2.45) is 28.6 Å². The summed E-state index contributed by atoms with van der Waals surface area (Å²) in [5, 5.41) is 0. The van der Waals surface area contributed by atoms with Crippen LogP contribution in [0, 0.1) is 28.6 Å². The van der Waals surface area contributed by atoms with Gasteiger partial charge in [-0.1, -0.05) is 25.5 Å². The Kier molecular flexibility index (Phi) is 5.62. The second-order valence-corrected chi connectivity index (χ2v) is 10.1. The number of allylic oxidation sites excluding steroid dienone is 1. The van der Waals surface area contributed by atoms with Crippen molar-refractivity contribution in [3.05, 3.63) is 11.6 Å². The van der Waals surface area contributed by atoms with E-state index < -0.39 is 16.5 Å². The third-order valence-electron chi connectivity index (χ3n) is 8.03. The minimum atomic E-state index is -4.40. The van der Waals surface area contributed by atoms with Gasteiger partial charge in [0.15, 0.2) is 0 Å². The predicted molar refractivity (Wildman–Crippen MR) is 94.2 cm³/mol. The molecule has 4 aliphatic rings. The molecule has 0 aromatic carbocycles. The first-order chi connectivity index (χ1) is 11.6. The molecule has 142 valence electrons. The Hall–Kier alpha value is 0.280. The van der Waals surface area contributed by atoms with Gasteiger partial charge in [0.05, 0.1) is 6.10 Å². The second-order valence-electron chi connectivity index (χ2n) is 9.07. The van der Waals surface area contributed by atoms with E-state index in [0.717, 1.165) is 38.5 Å². The van der Waals surface area contributed by atoms with E-state index in [1.165, 1.54) is 5.57 Å². The van der Waals surface area contributed by atoms with Crippen LogP contribution in [-0.2, 0) is 19.4 Å². The molecule has 3 saturated carbocycles. The molecule has 6 atom stereocenters. The topological polar surface area (TPSA) is 80.7 Å². The molecule has 0 spiro atoms. The SMILES string of the molecule is C[C@]12CC[C@H](OS(=O)(=O)O)CC1=CC[C@@H]1[C@@H]2CC[C@]2(C)C(=O)CC[C@@H]12.[H-].[Na+]. The van der Waals surface area contributed by atoms with E-state index in [1.807, 2.05) is 0 Å². The van der Waals surface area contributed by atoms with Crippen LogP contribution in [0.4, 0.5) is 0 Å². The van der Waals surface area contributed by atoms with E-state index >= 15 is 0 Å². The summed E-state index contributed by atoms with van der Waals surface area (Å²) in [6.45, 7) is 4.50. The fraction of sp³-hybridized carbons (Fsp3) is 0.842. The van der Waals surface area contributed by atoms with Gasteiger partial charge in [0, 0.05) is 11.8 Å². The Labute approximate surface area is 180 Å². The number of hydrogen-bond donors (Lipinski definition) is 1. The predicted octanol–water partition coefficient (Wildman–Crippen LogP) is 0.823. The molecular weight excluding hydrogens is 363 g/mol. The third kappa shape index (κ3) is 3.29. The summed E-state index contributed by atoms with van der Waals surface area (Å²) in [5.41, 5.74) is 1.25. The third-order valence-corrected chi connectivity index (χ3v) is 8.54. The summed E-state index contributed by atoms with van der Waals surface area (Å²) in [4.78, 5) is 12.4. The van der Waals surface area contributed by atoms with Crippen LogP contribution in [-0.4, -0.2) is 24.9 Å². The van der Waals surface area contributed by atoms with Crippen molar-refractivity contribution < 1.29 is 52.9 Å². The van der Waals surface area contributed by atoms with E-state index in [4.69, 9.17) is 8.74 Å². The molecule has 3 fully saturated rings. The first kappa shape index (κ1) is 21.0. The van der Waals surface area contributed by atoms with Crippen LogP contribution in [0.5, 0.6) is 0 Å². The molecule has 26 heavy (non-hydrogen) atoms. The summed E-state index contributed by atoms with van der Waals surface area (Å²) in [6.07, 6.45) is 8.79. The molecule has 0 bridgehead atoms. The Balaban J connectivity index is 0.00000131. The molecule has 5 nitrogen and oxygen atoms in total. The number of carbonyl (C=O) groups excluding carboxylic acids is 1. The average molecular weight is 392 g/mol. The summed E-state index contributed by atoms with van der Waals surface area (Å²) in [5.74, 6) is 2.10. The first-order valence-electron chi connectivity index (χ1n) is 9.52. The van der Waals surface area contributed by atoms with Gasteiger partial charge in [-0.2, -0.15) is 8.42 Å². The van der Waals surface area contributed by atoms with Crippen molar-refractivity contribution >= 4 is 16.2 Å². The fourth-order valence-corrected chi connectivity index (χ4v) is 7.16. The molecule has 0 saturated heterocycles. The van der Waals surface area contributed by atoms with Gasteiger partial charge in [0.25, 0.3) is 0 Å². The van der Waals surface area contributed by atoms with Gasteiger partial charge in [-0.3, -0.25) is 9.35 Å². The van der Waals surface area contributed by atoms with E-state index in [2.05, 4.69) is 19.9 Å². The first-order valence-corrected chi connectivity index (χ1v) is 10.9. The Morgan fingerprint density at radius 2 is 1.81 bits per heavy atom. The molecular formula is C19H29NaO5S. The largest absolute Gasteiger partial charge is 1.00 e. The maximum atomic E-state index is 12.4. The smallest absolute Gasteiger partial charge is 1.00 e. The van der Waals surface area contributed by atoms with E-state index in [9.17, 15) is 13.2 Å². The van der Waals surface area contributed by atoms with Crippen LogP contribution in [0.1, 0.15) is 66.6 Å². The van der Waals surface area contributed by atoms with E-state index in [1.54, 1.807) is 0 Å². The summed E-state index contributed by atoms with van der Waals surface area (Å²) < 4.78 is 35.9. The van der Waals surface area contributed by atoms with E-state index in [-0.39, 0.29) is 41.8 Å². The Morgan fingerprint density at radius 1 is 1.15 bits per heavy atom. The zero-order valence-corrected chi connectivity index (χ0v) is 18.8. The average Bonchev–Trinajstić information content (AvgIpc) is 2.82. The molecule has 0 heterocycles. The number of Topliss-reactive ketones (excluding diaryl/α,β-unsaturated/α-hetero) is 1. The monoisotopic (exact) mass is 392 g/mol.